The minimum atomic E-state index is -0.932. The minimum absolute atomic E-state index is 0.155. The predicted molar refractivity (Wildman–Crippen MR) is 110 cm³/mol. The summed E-state index contributed by atoms with van der Waals surface area (Å²) in [5.74, 6) is 1.03. The molecule has 4 aliphatic carbocycles. The first-order valence-electron chi connectivity index (χ1n) is 11.2. The third-order valence-electron chi connectivity index (χ3n) is 8.11. The lowest BCUT2D eigenvalue weighted by Gasteiger charge is -2.61. The van der Waals surface area contributed by atoms with Crippen molar-refractivity contribution in [3.8, 4) is 0 Å². The number of hydrogen-bond donors (Lipinski definition) is 2. The summed E-state index contributed by atoms with van der Waals surface area (Å²) >= 11 is 0. The zero-order chi connectivity index (χ0) is 22.0. The Labute approximate surface area is 178 Å². The smallest absolute Gasteiger partial charge is 0.410 e. The van der Waals surface area contributed by atoms with Gasteiger partial charge in [-0.15, -0.1) is 0 Å². The average Bonchev–Trinajstić information content (AvgIpc) is 3.03. The highest BCUT2D eigenvalue weighted by Gasteiger charge is 2.62. The van der Waals surface area contributed by atoms with Crippen LogP contribution in [0.25, 0.3) is 0 Å². The van der Waals surface area contributed by atoms with Gasteiger partial charge < -0.3 is 25.4 Å². The van der Waals surface area contributed by atoms with Gasteiger partial charge in [0.15, 0.2) is 0 Å². The summed E-state index contributed by atoms with van der Waals surface area (Å²) in [6, 6.07) is -0.483. The van der Waals surface area contributed by atoms with Crippen LogP contribution in [0.2, 0.25) is 0 Å². The van der Waals surface area contributed by atoms with Crippen LogP contribution >= 0.6 is 0 Å². The lowest BCUT2D eigenvalue weighted by Crippen LogP contribution is -2.62. The van der Waals surface area contributed by atoms with Crippen LogP contribution < -0.4 is 5.73 Å². The maximum absolute atomic E-state index is 12.8. The van der Waals surface area contributed by atoms with E-state index in [1.165, 1.54) is 4.90 Å². The van der Waals surface area contributed by atoms with E-state index in [9.17, 15) is 19.5 Å². The van der Waals surface area contributed by atoms with Crippen molar-refractivity contribution in [3.05, 3.63) is 0 Å². The molecule has 3 N–H and O–H groups in total. The van der Waals surface area contributed by atoms with E-state index < -0.39 is 23.2 Å². The fourth-order valence-corrected chi connectivity index (χ4v) is 7.30. The second-order valence-electron chi connectivity index (χ2n) is 11.1. The van der Waals surface area contributed by atoms with Gasteiger partial charge in [0.1, 0.15) is 5.60 Å². The van der Waals surface area contributed by atoms with Gasteiger partial charge in [0.25, 0.3) is 0 Å². The zero-order valence-electron chi connectivity index (χ0n) is 18.5. The van der Waals surface area contributed by atoms with Crippen molar-refractivity contribution in [2.75, 3.05) is 13.6 Å². The summed E-state index contributed by atoms with van der Waals surface area (Å²) in [7, 11) is 1.72. The molecule has 1 saturated heterocycles. The van der Waals surface area contributed by atoms with Gasteiger partial charge in [-0.1, -0.05) is 0 Å². The van der Waals surface area contributed by atoms with E-state index in [0.29, 0.717) is 18.9 Å². The maximum Gasteiger partial charge on any atom is 0.410 e. The quantitative estimate of drug-likeness (QED) is 0.727. The third-order valence-corrected chi connectivity index (χ3v) is 8.11. The summed E-state index contributed by atoms with van der Waals surface area (Å²) in [4.78, 5) is 40.3. The summed E-state index contributed by atoms with van der Waals surface area (Å²) in [5, 5.41) is 9.92. The fraction of sp³-hybridized carbons (Fsp3) is 0.864. The van der Waals surface area contributed by atoms with Crippen molar-refractivity contribution in [2.24, 2.45) is 34.8 Å². The molecule has 5 fully saturated rings. The van der Waals surface area contributed by atoms with Crippen LogP contribution in [0.5, 0.6) is 0 Å². The molecule has 0 radical (unpaired) electrons. The Hall–Kier alpha value is -1.99. The van der Waals surface area contributed by atoms with Gasteiger partial charge in [-0.3, -0.25) is 4.79 Å². The largest absolute Gasteiger partial charge is 0.465 e. The molecule has 4 bridgehead atoms. The second kappa shape index (κ2) is 7.02. The number of amides is 3. The number of carboxylic acid groups (broad SMARTS) is 1. The van der Waals surface area contributed by atoms with E-state index >= 15 is 0 Å². The van der Waals surface area contributed by atoms with Gasteiger partial charge in [0, 0.05) is 19.0 Å². The average molecular weight is 422 g/mol. The molecule has 4 saturated carbocycles. The summed E-state index contributed by atoms with van der Waals surface area (Å²) in [6.45, 7) is 5.90. The van der Waals surface area contributed by atoms with Gasteiger partial charge in [-0.05, 0) is 83.0 Å². The van der Waals surface area contributed by atoms with Crippen LogP contribution in [0.3, 0.4) is 0 Å². The molecule has 8 heteroatoms. The van der Waals surface area contributed by atoms with Crippen LogP contribution in [0, 0.1) is 29.1 Å². The molecule has 0 aromatic heterocycles. The Kier molecular flexibility index (Phi) is 4.97. The van der Waals surface area contributed by atoms with E-state index in [2.05, 4.69) is 0 Å². The van der Waals surface area contributed by atoms with Gasteiger partial charge in [0.2, 0.25) is 5.91 Å². The number of likely N-dealkylation sites (tertiary alicyclic amines) is 1. The van der Waals surface area contributed by atoms with Gasteiger partial charge >= 0.3 is 12.2 Å². The highest BCUT2D eigenvalue weighted by atomic mass is 16.6. The number of nitrogens with two attached hydrogens (primary N) is 1. The molecule has 30 heavy (non-hydrogen) atoms. The molecule has 4 atom stereocenters. The first-order chi connectivity index (χ1) is 13.9. The van der Waals surface area contributed by atoms with Crippen LogP contribution in [-0.4, -0.2) is 64.3 Å². The molecule has 1 heterocycles. The topological polar surface area (TPSA) is 113 Å². The Morgan fingerprint density at radius 2 is 1.73 bits per heavy atom. The SMILES string of the molecule is CN(C(=O)OC(C)(C)C)C1CCN(C(=O)O)C1C1C2CC3CC1CC(C(N)=O)(C3)C2. The van der Waals surface area contributed by atoms with Gasteiger partial charge in [0.05, 0.1) is 12.1 Å². The van der Waals surface area contributed by atoms with Crippen molar-refractivity contribution < 1.29 is 24.2 Å². The normalized spacial score (nSPS) is 39.8. The van der Waals surface area contributed by atoms with Crippen molar-refractivity contribution in [1.82, 2.24) is 9.80 Å². The van der Waals surface area contributed by atoms with Crippen molar-refractivity contribution in [1.29, 1.82) is 0 Å². The first-order valence-corrected chi connectivity index (χ1v) is 11.2. The Morgan fingerprint density at radius 3 is 2.23 bits per heavy atom. The van der Waals surface area contributed by atoms with Crippen LogP contribution in [-0.2, 0) is 9.53 Å². The number of nitrogens with zero attached hydrogens (tertiary/aromatic N) is 2. The monoisotopic (exact) mass is 421 g/mol. The summed E-state index contributed by atoms with van der Waals surface area (Å²) in [5.41, 5.74) is 4.81. The molecular weight excluding hydrogens is 386 g/mol. The molecular formula is C22H35N3O5. The maximum atomic E-state index is 12.8. The molecule has 0 aromatic rings. The lowest BCUT2D eigenvalue weighted by atomic mass is 9.44. The van der Waals surface area contributed by atoms with Crippen molar-refractivity contribution in [2.45, 2.75) is 77.0 Å². The highest BCUT2D eigenvalue weighted by molar-refractivity contribution is 5.81. The third kappa shape index (κ3) is 3.42. The van der Waals surface area contributed by atoms with Gasteiger partial charge in [-0.25, -0.2) is 9.59 Å². The fourth-order valence-electron chi connectivity index (χ4n) is 7.30. The van der Waals surface area contributed by atoms with Crippen LogP contribution in [0.15, 0.2) is 0 Å². The van der Waals surface area contributed by atoms with E-state index in [-0.39, 0.29) is 35.7 Å². The number of ether oxygens (including phenoxy) is 1. The predicted octanol–water partition coefficient (Wildman–Crippen LogP) is 2.90. The molecule has 168 valence electrons. The van der Waals surface area contributed by atoms with Crippen molar-refractivity contribution >= 4 is 18.1 Å². The lowest BCUT2D eigenvalue weighted by molar-refractivity contribution is -0.155. The molecule has 5 rings (SSSR count). The Morgan fingerprint density at radius 1 is 1.13 bits per heavy atom. The first kappa shape index (κ1) is 21.2. The highest BCUT2D eigenvalue weighted by Crippen LogP contribution is 2.63. The van der Waals surface area contributed by atoms with Crippen molar-refractivity contribution in [3.63, 3.8) is 0 Å². The Bertz CT molecular complexity index is 732. The minimum Gasteiger partial charge on any atom is -0.465 e. The van der Waals surface area contributed by atoms with E-state index in [1.54, 1.807) is 11.9 Å². The summed E-state index contributed by atoms with van der Waals surface area (Å²) < 4.78 is 5.57. The number of primary amides is 1. The molecule has 0 spiro atoms. The number of carbonyl (C=O) groups is 3. The number of carbonyl (C=O) groups excluding carboxylic acids is 2. The van der Waals surface area contributed by atoms with E-state index in [0.717, 1.165) is 32.1 Å². The zero-order valence-corrected chi connectivity index (χ0v) is 18.5. The molecule has 4 unspecified atom stereocenters. The number of hydrogen-bond acceptors (Lipinski definition) is 4. The van der Waals surface area contributed by atoms with Gasteiger partial charge in [-0.2, -0.15) is 0 Å². The van der Waals surface area contributed by atoms with E-state index in [1.807, 2.05) is 20.8 Å². The van der Waals surface area contributed by atoms with Crippen LogP contribution in [0.4, 0.5) is 9.59 Å². The van der Waals surface area contributed by atoms with Crippen LogP contribution in [0.1, 0.15) is 59.3 Å². The summed E-state index contributed by atoms with van der Waals surface area (Å²) in [6.07, 6.45) is 3.72. The molecule has 1 aliphatic heterocycles. The number of rotatable bonds is 3. The molecule has 5 aliphatic rings. The Balaban J connectivity index is 1.62. The van der Waals surface area contributed by atoms with E-state index in [4.69, 9.17) is 10.5 Å². The molecule has 3 amide bonds. The molecule has 8 nitrogen and oxygen atoms in total. The standard InChI is InChI=1S/C22H35N3O5/c1-21(2,3)30-20(29)24(4)15-5-6-25(19(27)28)17(15)16-13-7-12-8-14(16)11-22(9-12,10-13)18(23)26/h12-17H,5-11H2,1-4H3,(H2,23,26)(H,27,28). The molecule has 0 aromatic carbocycles. The second-order valence-corrected chi connectivity index (χ2v) is 11.1. The number of likely N-dealkylation sites (N-methyl/N-ethyl adjacent to an activating group) is 1.